The van der Waals surface area contributed by atoms with Crippen LogP contribution in [0.2, 0.25) is 5.02 Å². The topological polar surface area (TPSA) is 72.4 Å². The van der Waals surface area contributed by atoms with Crippen molar-refractivity contribution < 1.29 is 13.6 Å². The van der Waals surface area contributed by atoms with Crippen LogP contribution in [0.15, 0.2) is 61.8 Å². The molecule has 146 valence electrons. The molecule has 0 bridgehead atoms. The van der Waals surface area contributed by atoms with Gasteiger partial charge in [-0.25, -0.2) is 0 Å². The summed E-state index contributed by atoms with van der Waals surface area (Å²) < 4.78 is 12.4. The fourth-order valence-electron chi connectivity index (χ4n) is 3.22. The highest BCUT2D eigenvalue weighted by molar-refractivity contribution is 9.10. The van der Waals surface area contributed by atoms with Crippen molar-refractivity contribution in [2.45, 2.75) is 25.4 Å². The number of amides is 1. The molecule has 2 aromatic heterocycles. The minimum atomic E-state index is -0.194. The number of nitrogens with zero attached hydrogens (tertiary/aromatic N) is 3. The lowest BCUT2D eigenvalue weighted by atomic mass is 10.2. The molecule has 1 fully saturated rings. The van der Waals surface area contributed by atoms with Crippen LogP contribution in [-0.4, -0.2) is 27.0 Å². The molecule has 0 saturated heterocycles. The summed E-state index contributed by atoms with van der Waals surface area (Å²) in [6.07, 6.45) is 1.89. The standard InChI is InChI=1S/C21H15BrClN3O3/c22-16-4-2-1-3-15(16)20-25-24-19(29-20)11-26(14-6-7-14)21(27)18-10-12-9-13(23)5-8-17(12)28-18/h1-5,8-10,14H,6-7,11H2. The summed E-state index contributed by atoms with van der Waals surface area (Å²) in [6, 6.07) is 14.8. The van der Waals surface area contributed by atoms with Crippen LogP contribution in [0.25, 0.3) is 22.4 Å². The van der Waals surface area contributed by atoms with Gasteiger partial charge < -0.3 is 13.7 Å². The van der Waals surface area contributed by atoms with Crippen LogP contribution < -0.4 is 0 Å². The van der Waals surface area contributed by atoms with E-state index in [9.17, 15) is 4.79 Å². The molecule has 8 heteroatoms. The van der Waals surface area contributed by atoms with Crippen molar-refractivity contribution in [1.29, 1.82) is 0 Å². The van der Waals surface area contributed by atoms with E-state index in [-0.39, 0.29) is 24.3 Å². The van der Waals surface area contributed by atoms with Gasteiger partial charge in [-0.2, -0.15) is 0 Å². The van der Waals surface area contributed by atoms with Crippen molar-refractivity contribution in [3.05, 3.63) is 69.7 Å². The van der Waals surface area contributed by atoms with E-state index in [2.05, 4.69) is 26.1 Å². The Morgan fingerprint density at radius 3 is 2.76 bits per heavy atom. The number of halogens is 2. The first-order valence-electron chi connectivity index (χ1n) is 9.16. The van der Waals surface area contributed by atoms with Gasteiger partial charge in [-0.05, 0) is 65.2 Å². The summed E-state index contributed by atoms with van der Waals surface area (Å²) in [4.78, 5) is 14.9. The molecule has 0 N–H and O–H groups in total. The van der Waals surface area contributed by atoms with Crippen molar-refractivity contribution >= 4 is 44.4 Å². The number of benzene rings is 2. The van der Waals surface area contributed by atoms with E-state index in [0.717, 1.165) is 28.3 Å². The van der Waals surface area contributed by atoms with Crippen LogP contribution in [0.4, 0.5) is 0 Å². The molecule has 29 heavy (non-hydrogen) atoms. The lowest BCUT2D eigenvalue weighted by Gasteiger charge is -2.18. The molecule has 4 aromatic rings. The van der Waals surface area contributed by atoms with Crippen LogP contribution in [0, 0.1) is 0 Å². The monoisotopic (exact) mass is 471 g/mol. The third kappa shape index (κ3) is 3.68. The van der Waals surface area contributed by atoms with Gasteiger partial charge >= 0.3 is 0 Å². The third-order valence-electron chi connectivity index (χ3n) is 4.81. The van der Waals surface area contributed by atoms with E-state index in [0.29, 0.717) is 22.4 Å². The van der Waals surface area contributed by atoms with Gasteiger partial charge in [0, 0.05) is 20.9 Å². The zero-order chi connectivity index (χ0) is 20.0. The molecule has 0 spiro atoms. The molecular weight excluding hydrogens is 458 g/mol. The lowest BCUT2D eigenvalue weighted by Crippen LogP contribution is -2.32. The van der Waals surface area contributed by atoms with E-state index >= 15 is 0 Å². The summed E-state index contributed by atoms with van der Waals surface area (Å²) in [5.74, 6) is 0.879. The Balaban J connectivity index is 1.41. The van der Waals surface area contributed by atoms with E-state index in [1.807, 2.05) is 24.3 Å². The normalized spacial score (nSPS) is 13.7. The number of aromatic nitrogens is 2. The second-order valence-corrected chi connectivity index (χ2v) is 8.23. The first-order valence-corrected chi connectivity index (χ1v) is 10.3. The highest BCUT2D eigenvalue weighted by atomic mass is 79.9. The zero-order valence-corrected chi connectivity index (χ0v) is 17.5. The van der Waals surface area contributed by atoms with Crippen molar-refractivity contribution in [3.63, 3.8) is 0 Å². The van der Waals surface area contributed by atoms with Gasteiger partial charge in [-0.3, -0.25) is 4.79 Å². The summed E-state index contributed by atoms with van der Waals surface area (Å²) in [5, 5.41) is 9.66. The van der Waals surface area contributed by atoms with E-state index in [1.54, 1.807) is 29.2 Å². The third-order valence-corrected chi connectivity index (χ3v) is 5.74. The number of rotatable bonds is 5. The molecular formula is C21H15BrClN3O3. The van der Waals surface area contributed by atoms with Gasteiger partial charge in [-0.15, -0.1) is 10.2 Å². The molecule has 6 nitrogen and oxygen atoms in total. The Kier molecular flexibility index (Phi) is 4.64. The molecule has 1 aliphatic carbocycles. The van der Waals surface area contributed by atoms with Gasteiger partial charge in [-0.1, -0.05) is 23.7 Å². The summed E-state index contributed by atoms with van der Waals surface area (Å²) >= 11 is 9.52. The number of hydrogen-bond donors (Lipinski definition) is 0. The highest BCUT2D eigenvalue weighted by Gasteiger charge is 2.35. The van der Waals surface area contributed by atoms with E-state index in [1.165, 1.54) is 0 Å². The number of carbonyl (C=O) groups excluding carboxylic acids is 1. The quantitative estimate of drug-likeness (QED) is 0.372. The summed E-state index contributed by atoms with van der Waals surface area (Å²) in [7, 11) is 0. The van der Waals surface area contributed by atoms with Crippen LogP contribution in [0.3, 0.4) is 0 Å². The molecule has 1 amide bonds. The van der Waals surface area contributed by atoms with Crippen LogP contribution in [-0.2, 0) is 6.54 Å². The fourth-order valence-corrected chi connectivity index (χ4v) is 3.86. The number of fused-ring (bicyclic) bond motifs is 1. The highest BCUT2D eigenvalue weighted by Crippen LogP contribution is 2.32. The van der Waals surface area contributed by atoms with E-state index < -0.39 is 0 Å². The summed E-state index contributed by atoms with van der Waals surface area (Å²) in [5.41, 5.74) is 1.44. The Morgan fingerprint density at radius 1 is 1.14 bits per heavy atom. The van der Waals surface area contributed by atoms with Gasteiger partial charge in [0.2, 0.25) is 11.8 Å². The fraction of sp³-hybridized carbons (Fsp3) is 0.190. The Bertz CT molecular complexity index is 1210. The maximum Gasteiger partial charge on any atom is 0.290 e. The average molecular weight is 473 g/mol. The zero-order valence-electron chi connectivity index (χ0n) is 15.1. The smallest absolute Gasteiger partial charge is 0.290 e. The van der Waals surface area contributed by atoms with E-state index in [4.69, 9.17) is 20.4 Å². The number of furan rings is 1. The Hall–Kier alpha value is -2.64. The predicted octanol–water partition coefficient (Wildman–Crippen LogP) is 5.70. The van der Waals surface area contributed by atoms with Gasteiger partial charge in [0.15, 0.2) is 5.76 Å². The minimum absolute atomic E-state index is 0.151. The average Bonchev–Trinajstić information content (AvgIpc) is 3.30. The van der Waals surface area contributed by atoms with Crippen molar-refractivity contribution in [3.8, 4) is 11.5 Å². The van der Waals surface area contributed by atoms with Crippen LogP contribution in [0.1, 0.15) is 29.3 Å². The van der Waals surface area contributed by atoms with Gasteiger partial charge in [0.05, 0.1) is 12.1 Å². The largest absolute Gasteiger partial charge is 0.451 e. The lowest BCUT2D eigenvalue weighted by molar-refractivity contribution is 0.0684. The molecule has 2 heterocycles. The molecule has 1 aliphatic rings. The second-order valence-electron chi connectivity index (χ2n) is 6.94. The van der Waals surface area contributed by atoms with Crippen LogP contribution in [0.5, 0.6) is 0 Å². The Morgan fingerprint density at radius 2 is 1.97 bits per heavy atom. The number of carbonyl (C=O) groups is 1. The first-order chi connectivity index (χ1) is 14.1. The van der Waals surface area contributed by atoms with Crippen molar-refractivity contribution in [1.82, 2.24) is 15.1 Å². The second kappa shape index (κ2) is 7.31. The maximum absolute atomic E-state index is 13.1. The Labute approximate surface area is 179 Å². The minimum Gasteiger partial charge on any atom is -0.451 e. The first kappa shape index (κ1) is 18.4. The van der Waals surface area contributed by atoms with Gasteiger partial charge in [0.25, 0.3) is 5.91 Å². The molecule has 5 rings (SSSR count). The molecule has 2 aromatic carbocycles. The van der Waals surface area contributed by atoms with Crippen molar-refractivity contribution in [2.24, 2.45) is 0 Å². The van der Waals surface area contributed by atoms with Crippen LogP contribution >= 0.6 is 27.5 Å². The predicted molar refractivity (Wildman–Crippen MR) is 112 cm³/mol. The maximum atomic E-state index is 13.1. The van der Waals surface area contributed by atoms with Gasteiger partial charge in [0.1, 0.15) is 5.58 Å². The molecule has 0 atom stereocenters. The van der Waals surface area contributed by atoms with Crippen molar-refractivity contribution in [2.75, 3.05) is 0 Å². The molecule has 0 aliphatic heterocycles. The molecule has 0 radical (unpaired) electrons. The molecule has 0 unspecified atom stereocenters. The summed E-state index contributed by atoms with van der Waals surface area (Å²) in [6.45, 7) is 0.235. The molecule has 1 saturated carbocycles. The number of hydrogen-bond acceptors (Lipinski definition) is 5. The SMILES string of the molecule is O=C(c1cc2cc(Cl)ccc2o1)N(Cc1nnc(-c2ccccc2Br)o1)C1CC1.